The Balaban J connectivity index is 2.96. The number of aliphatic hydroxyl groups is 1. The Bertz CT molecular complexity index is 878. The standard InChI is InChI=1S/C23H35N5O7/c1-13(2)10-15(24)20(31)27-17(11-14-6-4-3-5-7-14)21(32)28-18(12-29)22(33)26-16(23(34)35)8-9-19(25)30/h3-7,13,15-18,29H,8-12,24H2,1-2H3,(H2,25,30)(H,26,33)(H,27,31)(H,28,32)(H,34,35). The molecule has 0 fully saturated rings. The van der Waals surface area contributed by atoms with Gasteiger partial charge in [0.25, 0.3) is 0 Å². The van der Waals surface area contributed by atoms with Crippen LogP contribution >= 0.6 is 0 Å². The number of amides is 4. The van der Waals surface area contributed by atoms with E-state index in [2.05, 4.69) is 16.0 Å². The van der Waals surface area contributed by atoms with Crippen LogP contribution in [0.1, 0.15) is 38.7 Å². The molecule has 0 heterocycles. The molecule has 1 aromatic carbocycles. The molecule has 0 bridgehead atoms. The second-order valence-electron chi connectivity index (χ2n) is 8.64. The number of hydrogen-bond acceptors (Lipinski definition) is 7. The van der Waals surface area contributed by atoms with Gasteiger partial charge in [-0.3, -0.25) is 19.2 Å². The van der Waals surface area contributed by atoms with Gasteiger partial charge in [0.15, 0.2) is 0 Å². The molecule has 9 N–H and O–H groups in total. The molecule has 4 unspecified atom stereocenters. The van der Waals surface area contributed by atoms with Gasteiger partial charge in [-0.2, -0.15) is 0 Å². The summed E-state index contributed by atoms with van der Waals surface area (Å²) in [6, 6.07) is 3.91. The zero-order chi connectivity index (χ0) is 26.5. The van der Waals surface area contributed by atoms with E-state index in [1.54, 1.807) is 30.3 Å². The molecule has 0 aromatic heterocycles. The van der Waals surface area contributed by atoms with Crippen molar-refractivity contribution in [3.8, 4) is 0 Å². The third-order valence-corrected chi connectivity index (χ3v) is 5.09. The highest BCUT2D eigenvalue weighted by atomic mass is 16.4. The van der Waals surface area contributed by atoms with Crippen molar-refractivity contribution in [2.45, 2.75) is 63.7 Å². The Kier molecular flexibility index (Phi) is 12.4. The van der Waals surface area contributed by atoms with E-state index in [0.29, 0.717) is 6.42 Å². The monoisotopic (exact) mass is 493 g/mol. The number of carboxylic acid groups (broad SMARTS) is 1. The van der Waals surface area contributed by atoms with Crippen LogP contribution < -0.4 is 27.4 Å². The molecule has 1 aromatic rings. The molecule has 12 nitrogen and oxygen atoms in total. The SMILES string of the molecule is CC(C)CC(N)C(=O)NC(Cc1ccccc1)C(=O)NC(CO)C(=O)NC(CCC(N)=O)C(=O)O. The summed E-state index contributed by atoms with van der Waals surface area (Å²) < 4.78 is 0. The van der Waals surface area contributed by atoms with Gasteiger partial charge in [-0.15, -0.1) is 0 Å². The van der Waals surface area contributed by atoms with Crippen LogP contribution in [0.25, 0.3) is 0 Å². The number of carbonyl (C=O) groups excluding carboxylic acids is 4. The van der Waals surface area contributed by atoms with Gasteiger partial charge in [-0.05, 0) is 24.3 Å². The topological polar surface area (TPSA) is 214 Å². The van der Waals surface area contributed by atoms with Gasteiger partial charge in [-0.25, -0.2) is 4.79 Å². The van der Waals surface area contributed by atoms with E-state index in [9.17, 15) is 34.2 Å². The number of primary amides is 1. The van der Waals surface area contributed by atoms with Crippen molar-refractivity contribution in [2.24, 2.45) is 17.4 Å². The van der Waals surface area contributed by atoms with Crippen LogP contribution in [-0.4, -0.2) is 70.6 Å². The fourth-order valence-electron chi connectivity index (χ4n) is 3.24. The van der Waals surface area contributed by atoms with Crippen LogP contribution in [0.15, 0.2) is 30.3 Å². The second kappa shape index (κ2) is 14.7. The lowest BCUT2D eigenvalue weighted by molar-refractivity contribution is -0.143. The number of benzene rings is 1. The maximum Gasteiger partial charge on any atom is 0.326 e. The number of nitrogens with one attached hydrogen (secondary N) is 3. The molecule has 1 rings (SSSR count). The summed E-state index contributed by atoms with van der Waals surface area (Å²) in [5.74, 6) is -4.28. The van der Waals surface area contributed by atoms with Crippen LogP contribution in [0.5, 0.6) is 0 Å². The van der Waals surface area contributed by atoms with Gasteiger partial charge >= 0.3 is 5.97 Å². The summed E-state index contributed by atoms with van der Waals surface area (Å²) in [7, 11) is 0. The zero-order valence-electron chi connectivity index (χ0n) is 19.9. The van der Waals surface area contributed by atoms with Crippen molar-refractivity contribution >= 4 is 29.6 Å². The average molecular weight is 494 g/mol. The lowest BCUT2D eigenvalue weighted by atomic mass is 10.0. The molecular weight excluding hydrogens is 458 g/mol. The molecule has 4 amide bonds. The molecule has 0 aliphatic carbocycles. The van der Waals surface area contributed by atoms with Crippen LogP contribution in [0.2, 0.25) is 0 Å². The van der Waals surface area contributed by atoms with Crippen LogP contribution in [0.4, 0.5) is 0 Å². The van der Waals surface area contributed by atoms with Gasteiger partial charge in [0.2, 0.25) is 23.6 Å². The third-order valence-electron chi connectivity index (χ3n) is 5.09. The quantitative estimate of drug-likeness (QED) is 0.151. The summed E-state index contributed by atoms with van der Waals surface area (Å²) in [6.45, 7) is 2.97. The molecule has 194 valence electrons. The highest BCUT2D eigenvalue weighted by Crippen LogP contribution is 2.07. The number of aliphatic hydroxyl groups excluding tert-OH is 1. The lowest BCUT2D eigenvalue weighted by Crippen LogP contribution is -2.58. The van der Waals surface area contributed by atoms with Crippen molar-refractivity contribution in [2.75, 3.05) is 6.61 Å². The van der Waals surface area contributed by atoms with E-state index >= 15 is 0 Å². The molecule has 0 saturated carbocycles. The predicted molar refractivity (Wildman–Crippen MR) is 127 cm³/mol. The molecule has 0 spiro atoms. The summed E-state index contributed by atoms with van der Waals surface area (Å²) in [5, 5.41) is 26.0. The minimum atomic E-state index is -1.50. The molecule has 12 heteroatoms. The number of hydrogen-bond donors (Lipinski definition) is 7. The zero-order valence-corrected chi connectivity index (χ0v) is 19.9. The summed E-state index contributed by atoms with van der Waals surface area (Å²) >= 11 is 0. The number of carbonyl (C=O) groups is 5. The van der Waals surface area contributed by atoms with Gasteiger partial charge < -0.3 is 37.6 Å². The summed E-state index contributed by atoms with van der Waals surface area (Å²) in [4.78, 5) is 60.4. The van der Waals surface area contributed by atoms with Crippen LogP contribution in [0, 0.1) is 5.92 Å². The Labute approximate surface area is 203 Å². The minimum Gasteiger partial charge on any atom is -0.480 e. The van der Waals surface area contributed by atoms with Crippen LogP contribution in [0.3, 0.4) is 0 Å². The fraction of sp³-hybridized carbons (Fsp3) is 0.522. The normalized spacial score (nSPS) is 14.3. The Morgan fingerprint density at radius 3 is 1.94 bits per heavy atom. The number of carboxylic acids is 1. The van der Waals surface area contributed by atoms with E-state index in [1.807, 2.05) is 13.8 Å². The molecule has 0 saturated heterocycles. The number of aliphatic carboxylic acids is 1. The first-order valence-electron chi connectivity index (χ1n) is 11.3. The predicted octanol–water partition coefficient (Wildman–Crippen LogP) is -1.60. The van der Waals surface area contributed by atoms with E-state index in [1.165, 1.54) is 0 Å². The van der Waals surface area contributed by atoms with E-state index < -0.39 is 60.4 Å². The molecule has 0 aliphatic heterocycles. The average Bonchev–Trinajstić information content (AvgIpc) is 2.79. The van der Waals surface area contributed by atoms with E-state index in [-0.39, 0.29) is 25.2 Å². The van der Waals surface area contributed by atoms with E-state index in [0.717, 1.165) is 5.56 Å². The van der Waals surface area contributed by atoms with Crippen LogP contribution in [-0.2, 0) is 30.4 Å². The third kappa shape index (κ3) is 11.0. The van der Waals surface area contributed by atoms with Crippen molar-refractivity contribution < 1.29 is 34.2 Å². The Hall–Kier alpha value is -3.51. The fourth-order valence-corrected chi connectivity index (χ4v) is 3.24. The summed E-state index contributed by atoms with van der Waals surface area (Å²) in [5.41, 5.74) is 11.7. The smallest absolute Gasteiger partial charge is 0.326 e. The van der Waals surface area contributed by atoms with Gasteiger partial charge in [0.05, 0.1) is 12.6 Å². The molecule has 35 heavy (non-hydrogen) atoms. The largest absolute Gasteiger partial charge is 0.480 e. The maximum absolute atomic E-state index is 13.0. The van der Waals surface area contributed by atoms with Gasteiger partial charge in [0, 0.05) is 12.8 Å². The molecule has 4 atom stereocenters. The molecule has 0 aliphatic rings. The first-order valence-corrected chi connectivity index (χ1v) is 11.3. The van der Waals surface area contributed by atoms with Crippen molar-refractivity contribution in [3.05, 3.63) is 35.9 Å². The minimum absolute atomic E-state index is 0.0863. The van der Waals surface area contributed by atoms with E-state index in [4.69, 9.17) is 11.5 Å². The van der Waals surface area contributed by atoms with Gasteiger partial charge in [0.1, 0.15) is 18.1 Å². The molecular formula is C23H35N5O7. The first-order chi connectivity index (χ1) is 16.4. The van der Waals surface area contributed by atoms with Crippen molar-refractivity contribution in [3.63, 3.8) is 0 Å². The highest BCUT2D eigenvalue weighted by molar-refractivity contribution is 5.94. The summed E-state index contributed by atoms with van der Waals surface area (Å²) in [6.07, 6.45) is -0.0594. The Morgan fingerprint density at radius 2 is 1.43 bits per heavy atom. The highest BCUT2D eigenvalue weighted by Gasteiger charge is 2.30. The van der Waals surface area contributed by atoms with Crippen molar-refractivity contribution in [1.29, 1.82) is 0 Å². The maximum atomic E-state index is 13.0. The Morgan fingerprint density at radius 1 is 0.886 bits per heavy atom. The van der Waals surface area contributed by atoms with Crippen molar-refractivity contribution in [1.82, 2.24) is 16.0 Å². The van der Waals surface area contributed by atoms with Gasteiger partial charge in [-0.1, -0.05) is 44.2 Å². The first kappa shape index (κ1) is 29.5. The second-order valence-corrected chi connectivity index (χ2v) is 8.64. The molecule has 0 radical (unpaired) electrons. The number of rotatable bonds is 15. The number of nitrogens with two attached hydrogens (primary N) is 2. The lowest BCUT2D eigenvalue weighted by Gasteiger charge is -2.24.